The summed E-state index contributed by atoms with van der Waals surface area (Å²) < 4.78 is 13.6. The molecule has 0 spiro atoms. The van der Waals surface area contributed by atoms with Crippen molar-refractivity contribution < 1.29 is 14.3 Å². The smallest absolute Gasteiger partial charge is 0.318 e. The molecular formula is C20H25N3O3. The van der Waals surface area contributed by atoms with E-state index in [1.54, 1.807) is 0 Å². The summed E-state index contributed by atoms with van der Waals surface area (Å²) in [6.45, 7) is 8.55. The van der Waals surface area contributed by atoms with Crippen LogP contribution in [0.4, 0.5) is 4.79 Å². The second kappa shape index (κ2) is 6.27. The van der Waals surface area contributed by atoms with Gasteiger partial charge in [-0.15, -0.1) is 0 Å². The van der Waals surface area contributed by atoms with Crippen LogP contribution in [0.25, 0.3) is 0 Å². The summed E-state index contributed by atoms with van der Waals surface area (Å²) in [5.41, 5.74) is 1.85. The minimum atomic E-state index is -0.284. The Kier molecular flexibility index (Phi) is 4.05. The van der Waals surface area contributed by atoms with Gasteiger partial charge in [0.1, 0.15) is 13.2 Å². The molecule has 1 aromatic heterocycles. The van der Waals surface area contributed by atoms with E-state index in [0.717, 1.165) is 29.3 Å². The monoisotopic (exact) mass is 355 g/mol. The molecule has 1 N–H and O–H groups in total. The van der Waals surface area contributed by atoms with Gasteiger partial charge in [-0.1, -0.05) is 6.07 Å². The first kappa shape index (κ1) is 16.8. The molecule has 26 heavy (non-hydrogen) atoms. The Morgan fingerprint density at radius 3 is 2.65 bits per heavy atom. The lowest BCUT2D eigenvalue weighted by Gasteiger charge is -2.39. The van der Waals surface area contributed by atoms with Crippen molar-refractivity contribution in [3.8, 4) is 11.5 Å². The Labute approximate surface area is 153 Å². The van der Waals surface area contributed by atoms with E-state index in [4.69, 9.17) is 9.47 Å². The molecule has 0 bridgehead atoms. The van der Waals surface area contributed by atoms with Gasteiger partial charge in [0.05, 0.1) is 6.04 Å². The van der Waals surface area contributed by atoms with E-state index in [9.17, 15) is 4.79 Å². The quantitative estimate of drug-likeness (QED) is 0.855. The van der Waals surface area contributed by atoms with E-state index >= 15 is 0 Å². The zero-order chi connectivity index (χ0) is 18.3. The summed E-state index contributed by atoms with van der Waals surface area (Å²) in [4.78, 5) is 14.9. The number of aromatic nitrogens is 1. The number of carbonyl (C=O) groups is 1. The van der Waals surface area contributed by atoms with Crippen LogP contribution in [-0.4, -0.2) is 40.8 Å². The lowest BCUT2D eigenvalue weighted by molar-refractivity contribution is 0.158. The van der Waals surface area contributed by atoms with Crippen LogP contribution in [0, 0.1) is 0 Å². The Hall–Kier alpha value is -2.63. The molecular weight excluding hydrogens is 330 g/mol. The molecule has 0 aliphatic carbocycles. The third-order valence-corrected chi connectivity index (χ3v) is 4.66. The molecule has 4 rings (SSSR count). The number of nitrogens with zero attached hydrogens (tertiary/aromatic N) is 2. The summed E-state index contributed by atoms with van der Waals surface area (Å²) in [5, 5.41) is 3.10. The third-order valence-electron chi connectivity index (χ3n) is 4.66. The fraction of sp³-hybridized carbons (Fsp3) is 0.450. The van der Waals surface area contributed by atoms with Crippen LogP contribution >= 0.6 is 0 Å². The molecule has 3 heterocycles. The fourth-order valence-corrected chi connectivity index (χ4v) is 3.58. The standard InChI is InChI=1S/C20H25N3O3/c1-20(2,3)21-19(24)23-10-9-22-8-4-5-15(22)18(23)14-6-7-16-17(13-14)26-12-11-25-16/h4-8,13,18H,9-12H2,1-3H3,(H,21,24)/t18-/m0/s1. The highest BCUT2D eigenvalue weighted by Gasteiger charge is 2.34. The summed E-state index contributed by atoms with van der Waals surface area (Å²) in [6, 6.07) is 9.87. The van der Waals surface area contributed by atoms with Gasteiger partial charge in [0.25, 0.3) is 0 Å². The number of hydrogen-bond donors (Lipinski definition) is 1. The van der Waals surface area contributed by atoms with E-state index in [2.05, 4.69) is 22.1 Å². The SMILES string of the molecule is CC(C)(C)NC(=O)N1CCn2cccc2[C@@H]1c1ccc2c(c1)OCCO2. The van der Waals surface area contributed by atoms with Crippen molar-refractivity contribution in [1.29, 1.82) is 0 Å². The summed E-state index contributed by atoms with van der Waals surface area (Å²) in [7, 11) is 0. The predicted molar refractivity (Wildman–Crippen MR) is 98.7 cm³/mol. The van der Waals surface area contributed by atoms with Crippen molar-refractivity contribution in [2.75, 3.05) is 19.8 Å². The molecule has 1 atom stereocenters. The normalized spacial score (nSPS) is 19.0. The van der Waals surface area contributed by atoms with Crippen LogP contribution in [-0.2, 0) is 6.54 Å². The van der Waals surface area contributed by atoms with Crippen molar-refractivity contribution >= 4 is 6.03 Å². The number of fused-ring (bicyclic) bond motifs is 2. The Balaban J connectivity index is 1.73. The average molecular weight is 355 g/mol. The molecule has 2 amide bonds. The van der Waals surface area contributed by atoms with Crippen LogP contribution < -0.4 is 14.8 Å². The molecule has 0 radical (unpaired) electrons. The zero-order valence-corrected chi connectivity index (χ0v) is 15.5. The van der Waals surface area contributed by atoms with Crippen LogP contribution in [0.2, 0.25) is 0 Å². The van der Waals surface area contributed by atoms with Crippen LogP contribution in [0.1, 0.15) is 38.1 Å². The number of benzene rings is 1. The zero-order valence-electron chi connectivity index (χ0n) is 15.5. The van der Waals surface area contributed by atoms with E-state index < -0.39 is 0 Å². The largest absolute Gasteiger partial charge is 0.486 e. The average Bonchev–Trinajstić information content (AvgIpc) is 3.07. The first-order chi connectivity index (χ1) is 12.4. The summed E-state index contributed by atoms with van der Waals surface area (Å²) in [6.07, 6.45) is 2.07. The van der Waals surface area contributed by atoms with Gasteiger partial charge in [-0.3, -0.25) is 0 Å². The van der Waals surface area contributed by atoms with E-state index in [0.29, 0.717) is 19.8 Å². The van der Waals surface area contributed by atoms with Crippen molar-refractivity contribution in [2.24, 2.45) is 0 Å². The van der Waals surface area contributed by atoms with E-state index in [1.165, 1.54) is 0 Å². The lowest BCUT2D eigenvalue weighted by atomic mass is 9.99. The second-order valence-corrected chi connectivity index (χ2v) is 7.81. The minimum absolute atomic E-state index is 0.0511. The highest BCUT2D eigenvalue weighted by atomic mass is 16.6. The van der Waals surface area contributed by atoms with Gasteiger partial charge in [-0.25, -0.2) is 4.79 Å². The van der Waals surface area contributed by atoms with Crippen molar-refractivity contribution in [2.45, 2.75) is 38.9 Å². The molecule has 2 aromatic rings. The van der Waals surface area contributed by atoms with Gasteiger partial charge in [0.2, 0.25) is 0 Å². The fourth-order valence-electron chi connectivity index (χ4n) is 3.58. The predicted octanol–water partition coefficient (Wildman–Crippen LogP) is 3.17. The van der Waals surface area contributed by atoms with E-state index in [1.807, 2.05) is 49.9 Å². The molecule has 2 aliphatic rings. The van der Waals surface area contributed by atoms with Gasteiger partial charge in [-0.2, -0.15) is 0 Å². The Morgan fingerprint density at radius 1 is 1.12 bits per heavy atom. The maximum Gasteiger partial charge on any atom is 0.318 e. The van der Waals surface area contributed by atoms with Crippen LogP contribution in [0.3, 0.4) is 0 Å². The van der Waals surface area contributed by atoms with E-state index in [-0.39, 0.29) is 17.6 Å². The number of rotatable bonds is 1. The molecule has 2 aliphatic heterocycles. The summed E-state index contributed by atoms with van der Waals surface area (Å²) >= 11 is 0. The molecule has 138 valence electrons. The number of urea groups is 1. The van der Waals surface area contributed by atoms with Crippen LogP contribution in [0.5, 0.6) is 11.5 Å². The molecule has 0 saturated carbocycles. The van der Waals surface area contributed by atoms with Gasteiger partial charge >= 0.3 is 6.03 Å². The van der Waals surface area contributed by atoms with Gasteiger partial charge in [-0.05, 0) is 50.6 Å². The van der Waals surface area contributed by atoms with Crippen molar-refractivity contribution in [3.63, 3.8) is 0 Å². The Morgan fingerprint density at radius 2 is 1.88 bits per heavy atom. The lowest BCUT2D eigenvalue weighted by Crippen LogP contribution is -2.52. The van der Waals surface area contributed by atoms with Crippen molar-refractivity contribution in [1.82, 2.24) is 14.8 Å². The topological polar surface area (TPSA) is 55.7 Å². The maximum absolute atomic E-state index is 13.0. The molecule has 6 nitrogen and oxygen atoms in total. The number of hydrogen-bond acceptors (Lipinski definition) is 3. The maximum atomic E-state index is 13.0. The third kappa shape index (κ3) is 3.11. The van der Waals surface area contributed by atoms with Crippen molar-refractivity contribution in [3.05, 3.63) is 47.8 Å². The molecule has 0 unspecified atom stereocenters. The summed E-state index contributed by atoms with van der Waals surface area (Å²) in [5.74, 6) is 1.51. The molecule has 0 fully saturated rings. The number of nitrogens with one attached hydrogen (secondary N) is 1. The number of ether oxygens (including phenoxy) is 2. The number of amides is 2. The highest BCUT2D eigenvalue weighted by molar-refractivity contribution is 5.76. The molecule has 1 aromatic carbocycles. The molecule has 6 heteroatoms. The van der Waals surface area contributed by atoms with Gasteiger partial charge < -0.3 is 24.3 Å². The second-order valence-electron chi connectivity index (χ2n) is 7.81. The number of carbonyl (C=O) groups excluding carboxylic acids is 1. The van der Waals surface area contributed by atoms with Gasteiger partial charge in [0.15, 0.2) is 11.5 Å². The minimum Gasteiger partial charge on any atom is -0.486 e. The van der Waals surface area contributed by atoms with Gasteiger partial charge in [0, 0.05) is 30.5 Å². The highest BCUT2D eigenvalue weighted by Crippen LogP contribution is 2.38. The van der Waals surface area contributed by atoms with Crippen LogP contribution in [0.15, 0.2) is 36.5 Å². The first-order valence-corrected chi connectivity index (χ1v) is 9.06. The Bertz CT molecular complexity index is 822. The molecule has 0 saturated heterocycles. The first-order valence-electron chi connectivity index (χ1n) is 9.06.